The summed E-state index contributed by atoms with van der Waals surface area (Å²) < 4.78 is 54.7. The fourth-order valence-electron chi connectivity index (χ4n) is 3.80. The van der Waals surface area contributed by atoms with E-state index in [1.807, 2.05) is 37.3 Å². The summed E-state index contributed by atoms with van der Waals surface area (Å²) in [5.74, 6) is -0.568. The van der Waals surface area contributed by atoms with Crippen molar-refractivity contribution in [2.75, 3.05) is 13.7 Å². The van der Waals surface area contributed by atoms with Crippen molar-refractivity contribution in [1.82, 2.24) is 0 Å². The summed E-state index contributed by atoms with van der Waals surface area (Å²) in [5.41, 5.74) is 2.15. The maximum Gasteiger partial charge on any atom is 0.338 e. The Kier molecular flexibility index (Phi) is 8.50. The van der Waals surface area contributed by atoms with Gasteiger partial charge in [0.15, 0.2) is 6.29 Å². The number of methoxy groups -OCH3 is 1. The smallest absolute Gasteiger partial charge is 0.338 e. The second kappa shape index (κ2) is 11.8. The molecule has 1 heterocycles. The molecule has 0 aliphatic carbocycles. The van der Waals surface area contributed by atoms with Crippen LogP contribution in [0.3, 0.4) is 0 Å². The third-order valence-electron chi connectivity index (χ3n) is 5.72. The van der Waals surface area contributed by atoms with Gasteiger partial charge in [-0.1, -0.05) is 66.2 Å². The van der Waals surface area contributed by atoms with E-state index >= 15 is 0 Å². The summed E-state index contributed by atoms with van der Waals surface area (Å²) >= 11 is 0. The van der Waals surface area contributed by atoms with E-state index < -0.39 is 40.7 Å². The number of ether oxygens (including phenoxy) is 4. The predicted molar refractivity (Wildman–Crippen MR) is 131 cm³/mol. The standard InChI is InChI=1S/C27H28O8S/c1-19-13-15-22(16-14-19)36(29,30)35-24-23(18-33-26(28)21-11-7-4-8-12-21)34-27(31-2)25(24)32-17-20-9-5-3-6-10-20/h3-16,23-25,27H,17-18H2,1-2H3/t23-,24+,25+,27-/m0/s1. The highest BCUT2D eigenvalue weighted by atomic mass is 32.2. The monoisotopic (exact) mass is 512 g/mol. The second-order valence-corrected chi connectivity index (χ2v) is 9.90. The number of benzene rings is 3. The molecule has 3 aromatic carbocycles. The van der Waals surface area contributed by atoms with Gasteiger partial charge in [0.25, 0.3) is 10.1 Å². The average molecular weight is 513 g/mol. The molecular weight excluding hydrogens is 484 g/mol. The van der Waals surface area contributed by atoms with Crippen molar-refractivity contribution in [2.24, 2.45) is 0 Å². The van der Waals surface area contributed by atoms with E-state index in [1.165, 1.54) is 19.2 Å². The molecule has 3 aromatic rings. The van der Waals surface area contributed by atoms with Gasteiger partial charge in [0.1, 0.15) is 24.9 Å². The zero-order valence-electron chi connectivity index (χ0n) is 20.0. The summed E-state index contributed by atoms with van der Waals surface area (Å²) in [6, 6.07) is 24.2. The van der Waals surface area contributed by atoms with Gasteiger partial charge in [-0.3, -0.25) is 4.18 Å². The van der Waals surface area contributed by atoms with Gasteiger partial charge in [-0.05, 0) is 36.8 Å². The van der Waals surface area contributed by atoms with E-state index in [9.17, 15) is 13.2 Å². The third kappa shape index (κ3) is 6.37. The highest BCUT2D eigenvalue weighted by molar-refractivity contribution is 7.86. The molecule has 4 atom stereocenters. The van der Waals surface area contributed by atoms with Crippen molar-refractivity contribution in [1.29, 1.82) is 0 Å². The molecule has 0 saturated carbocycles. The van der Waals surface area contributed by atoms with E-state index in [2.05, 4.69) is 0 Å². The van der Waals surface area contributed by atoms with Crippen LogP contribution in [-0.2, 0) is 39.9 Å². The largest absolute Gasteiger partial charge is 0.459 e. The first-order chi connectivity index (χ1) is 17.4. The molecule has 0 amide bonds. The van der Waals surface area contributed by atoms with Gasteiger partial charge >= 0.3 is 5.97 Å². The lowest BCUT2D eigenvalue weighted by atomic mass is 10.1. The molecule has 8 nitrogen and oxygen atoms in total. The maximum absolute atomic E-state index is 13.1. The Labute approximate surface area is 210 Å². The Hall–Kier alpha value is -3.08. The van der Waals surface area contributed by atoms with Gasteiger partial charge in [0.2, 0.25) is 0 Å². The molecule has 0 bridgehead atoms. The summed E-state index contributed by atoms with van der Waals surface area (Å²) in [5, 5.41) is 0. The van der Waals surface area contributed by atoms with Crippen molar-refractivity contribution in [3.63, 3.8) is 0 Å². The number of hydrogen-bond donors (Lipinski definition) is 0. The minimum atomic E-state index is -4.19. The van der Waals surface area contributed by atoms with Gasteiger partial charge < -0.3 is 18.9 Å². The van der Waals surface area contributed by atoms with Crippen LogP contribution < -0.4 is 0 Å². The lowest BCUT2D eigenvalue weighted by Gasteiger charge is -2.24. The van der Waals surface area contributed by atoms with Crippen LogP contribution in [0.15, 0.2) is 89.8 Å². The molecule has 0 unspecified atom stereocenters. The van der Waals surface area contributed by atoms with Crippen molar-refractivity contribution in [3.8, 4) is 0 Å². The zero-order chi connectivity index (χ0) is 25.5. The fourth-order valence-corrected chi connectivity index (χ4v) is 4.90. The van der Waals surface area contributed by atoms with Crippen molar-refractivity contribution in [2.45, 2.75) is 43.0 Å². The Bertz CT molecular complexity index is 1230. The Morgan fingerprint density at radius 3 is 2.17 bits per heavy atom. The first-order valence-corrected chi connectivity index (χ1v) is 12.8. The zero-order valence-corrected chi connectivity index (χ0v) is 20.8. The molecule has 1 aliphatic heterocycles. The van der Waals surface area contributed by atoms with Crippen molar-refractivity contribution in [3.05, 3.63) is 102 Å². The predicted octanol–water partition coefficient (Wildman–Crippen LogP) is 3.88. The minimum absolute atomic E-state index is 0.00388. The Morgan fingerprint density at radius 2 is 1.53 bits per heavy atom. The maximum atomic E-state index is 13.1. The van der Waals surface area contributed by atoms with Crippen molar-refractivity contribution >= 4 is 16.1 Å². The molecule has 0 aromatic heterocycles. The highest BCUT2D eigenvalue weighted by Crippen LogP contribution is 2.31. The number of hydrogen-bond acceptors (Lipinski definition) is 8. The fraction of sp³-hybridized carbons (Fsp3) is 0.296. The summed E-state index contributed by atoms with van der Waals surface area (Å²) in [6.07, 6.45) is -3.93. The van der Waals surface area contributed by atoms with Crippen molar-refractivity contribution < 1.29 is 36.3 Å². The van der Waals surface area contributed by atoms with Gasteiger partial charge in [-0.2, -0.15) is 8.42 Å². The summed E-state index contributed by atoms with van der Waals surface area (Å²) in [4.78, 5) is 12.5. The Balaban J connectivity index is 1.55. The first-order valence-electron chi connectivity index (χ1n) is 11.4. The topological polar surface area (TPSA) is 97.4 Å². The van der Waals surface area contributed by atoms with Gasteiger partial charge in [0, 0.05) is 7.11 Å². The van der Waals surface area contributed by atoms with Crippen LogP contribution >= 0.6 is 0 Å². The van der Waals surface area contributed by atoms with E-state index in [1.54, 1.807) is 42.5 Å². The SMILES string of the molecule is CO[C@H]1O[C@@H](COC(=O)c2ccccc2)[C@@H](OS(=O)(=O)c2ccc(C)cc2)[C@H]1OCc1ccccc1. The molecule has 0 N–H and O–H groups in total. The van der Waals surface area contributed by atoms with E-state index in [-0.39, 0.29) is 18.1 Å². The third-order valence-corrected chi connectivity index (χ3v) is 7.05. The molecule has 190 valence electrons. The van der Waals surface area contributed by atoms with E-state index in [4.69, 9.17) is 23.1 Å². The molecule has 1 aliphatic rings. The second-order valence-electron chi connectivity index (χ2n) is 8.33. The van der Waals surface area contributed by atoms with Crippen LogP contribution in [-0.4, -0.2) is 52.7 Å². The van der Waals surface area contributed by atoms with Crippen LogP contribution in [0.1, 0.15) is 21.5 Å². The summed E-state index contributed by atoms with van der Waals surface area (Å²) in [6.45, 7) is 1.78. The number of aryl methyl sites for hydroxylation is 1. The van der Waals surface area contributed by atoms with Crippen LogP contribution in [0, 0.1) is 6.92 Å². The molecule has 0 radical (unpaired) electrons. The van der Waals surface area contributed by atoms with Gasteiger partial charge in [-0.15, -0.1) is 0 Å². The normalized spacial score (nSPS) is 21.8. The average Bonchev–Trinajstić information content (AvgIpc) is 3.22. The van der Waals surface area contributed by atoms with Crippen LogP contribution in [0.5, 0.6) is 0 Å². The molecule has 0 spiro atoms. The quantitative estimate of drug-likeness (QED) is 0.298. The summed E-state index contributed by atoms with van der Waals surface area (Å²) in [7, 11) is -2.76. The molecule has 4 rings (SSSR count). The Morgan fingerprint density at radius 1 is 0.889 bits per heavy atom. The van der Waals surface area contributed by atoms with Crippen LogP contribution in [0.25, 0.3) is 0 Å². The molecule has 1 saturated heterocycles. The van der Waals surface area contributed by atoms with Gasteiger partial charge in [0.05, 0.1) is 17.1 Å². The minimum Gasteiger partial charge on any atom is -0.459 e. The molecule has 9 heteroatoms. The molecule has 36 heavy (non-hydrogen) atoms. The van der Waals surface area contributed by atoms with E-state index in [0.717, 1.165) is 11.1 Å². The van der Waals surface area contributed by atoms with Gasteiger partial charge in [-0.25, -0.2) is 4.79 Å². The number of carbonyl (C=O) groups is 1. The number of rotatable bonds is 10. The van der Waals surface area contributed by atoms with Crippen LogP contribution in [0.4, 0.5) is 0 Å². The van der Waals surface area contributed by atoms with E-state index in [0.29, 0.717) is 5.56 Å². The number of carbonyl (C=O) groups excluding carboxylic acids is 1. The van der Waals surface area contributed by atoms with Crippen LogP contribution in [0.2, 0.25) is 0 Å². The molecular formula is C27H28O8S. The highest BCUT2D eigenvalue weighted by Gasteiger charge is 2.49. The lowest BCUT2D eigenvalue weighted by Crippen LogP contribution is -2.41. The first kappa shape index (κ1) is 26.0. The lowest BCUT2D eigenvalue weighted by molar-refractivity contribution is -0.168. The molecule has 1 fully saturated rings. The number of esters is 1.